The second-order valence-electron chi connectivity index (χ2n) is 8.17. The molecule has 1 heterocycles. The van der Waals surface area contributed by atoms with E-state index in [1.54, 1.807) is 4.90 Å². The number of nitrogens with zero attached hydrogens (tertiary/aromatic N) is 1. The van der Waals surface area contributed by atoms with Crippen LogP contribution in [0, 0.1) is 0 Å². The number of fused-ring (bicyclic) bond motifs is 1. The molecule has 0 bridgehead atoms. The number of carboxylic acid groups (broad SMARTS) is 1. The van der Waals surface area contributed by atoms with Crippen LogP contribution >= 0.6 is 0 Å². The fraction of sp³-hybridized carbons (Fsp3) is 0.320. The van der Waals surface area contributed by atoms with Crippen molar-refractivity contribution >= 4 is 22.4 Å². The summed E-state index contributed by atoms with van der Waals surface area (Å²) in [5.74, 6) is -1.60. The van der Waals surface area contributed by atoms with Crippen LogP contribution in [0.1, 0.15) is 34.5 Å². The van der Waals surface area contributed by atoms with Gasteiger partial charge in [0.2, 0.25) is 0 Å². The summed E-state index contributed by atoms with van der Waals surface area (Å²) in [6.07, 6.45) is -4.96. The van der Waals surface area contributed by atoms with Crippen molar-refractivity contribution in [1.29, 1.82) is 0 Å². The van der Waals surface area contributed by atoms with E-state index in [9.17, 15) is 18.0 Å². The van der Waals surface area contributed by atoms with Crippen molar-refractivity contribution in [3.8, 4) is 0 Å². The molecule has 4 rings (SSSR count). The van der Waals surface area contributed by atoms with E-state index in [1.165, 1.54) is 17.0 Å². The lowest BCUT2D eigenvalue weighted by atomic mass is 9.99. The monoisotopic (exact) mass is 458 g/mol. The topological polar surface area (TPSA) is 61.8 Å². The van der Waals surface area contributed by atoms with E-state index in [-0.39, 0.29) is 12.1 Å². The molecule has 0 spiro atoms. The Morgan fingerprint density at radius 1 is 1.18 bits per heavy atom. The first-order valence-corrected chi connectivity index (χ1v) is 10.8. The van der Waals surface area contributed by atoms with Gasteiger partial charge in [0, 0.05) is 31.4 Å². The highest BCUT2D eigenvalue weighted by Crippen LogP contribution is 2.35. The fourth-order valence-corrected chi connectivity index (χ4v) is 4.27. The standard InChI is InChI=1S/C25H25F3N2O3/c1-16(20-8-4-6-17-5-2-3-7-21(17)20)29-14-19-15-30(11-12-33-19)18-9-10-22(24(31)32)23(13-18)25(26,27)28/h2-10,13,16,19,29H,11-12,14-15H2,1H3,(H,31,32)/t16-,19?/m1/s1. The molecule has 2 N–H and O–H groups in total. The molecule has 1 aliphatic heterocycles. The smallest absolute Gasteiger partial charge is 0.417 e. The van der Waals surface area contributed by atoms with Gasteiger partial charge in [-0.05, 0) is 41.5 Å². The lowest BCUT2D eigenvalue weighted by Crippen LogP contribution is -2.47. The van der Waals surface area contributed by atoms with E-state index in [0.29, 0.717) is 31.9 Å². The van der Waals surface area contributed by atoms with Gasteiger partial charge in [0.15, 0.2) is 0 Å². The summed E-state index contributed by atoms with van der Waals surface area (Å²) in [5, 5.41) is 14.9. The molecule has 0 saturated carbocycles. The number of anilines is 1. The molecule has 1 unspecified atom stereocenters. The molecule has 174 valence electrons. The Hall–Kier alpha value is -3.10. The second kappa shape index (κ2) is 9.41. The highest BCUT2D eigenvalue weighted by atomic mass is 19.4. The molecule has 2 atom stereocenters. The largest absolute Gasteiger partial charge is 0.478 e. The van der Waals surface area contributed by atoms with Gasteiger partial charge in [-0.2, -0.15) is 13.2 Å². The van der Waals surface area contributed by atoms with E-state index >= 15 is 0 Å². The number of rotatable bonds is 6. The molecular weight excluding hydrogens is 433 g/mol. The van der Waals surface area contributed by atoms with Gasteiger partial charge in [0.25, 0.3) is 0 Å². The number of nitrogens with one attached hydrogen (secondary N) is 1. The van der Waals surface area contributed by atoms with E-state index < -0.39 is 23.3 Å². The number of carboxylic acids is 1. The Morgan fingerprint density at radius 2 is 1.94 bits per heavy atom. The summed E-state index contributed by atoms with van der Waals surface area (Å²) < 4.78 is 46.0. The zero-order valence-electron chi connectivity index (χ0n) is 18.1. The SMILES string of the molecule is C[C@@H](NCC1CN(c2ccc(C(=O)O)c(C(F)(F)F)c2)CCO1)c1cccc2ccccc12. The van der Waals surface area contributed by atoms with Crippen LogP contribution in [0.2, 0.25) is 0 Å². The number of alkyl halides is 3. The normalized spacial score (nSPS) is 17.8. The molecule has 0 aliphatic carbocycles. The minimum atomic E-state index is -4.75. The van der Waals surface area contributed by atoms with Crippen LogP contribution in [-0.4, -0.2) is 43.4 Å². The number of ether oxygens (including phenoxy) is 1. The molecular formula is C25H25F3N2O3. The Kier molecular flexibility index (Phi) is 6.58. The van der Waals surface area contributed by atoms with Crippen molar-refractivity contribution in [2.45, 2.75) is 25.2 Å². The average molecular weight is 458 g/mol. The molecule has 1 fully saturated rings. The third-order valence-corrected chi connectivity index (χ3v) is 5.98. The van der Waals surface area contributed by atoms with Crippen molar-refractivity contribution < 1.29 is 27.8 Å². The predicted molar refractivity (Wildman–Crippen MR) is 121 cm³/mol. The Morgan fingerprint density at radius 3 is 2.70 bits per heavy atom. The van der Waals surface area contributed by atoms with Gasteiger partial charge >= 0.3 is 12.1 Å². The molecule has 5 nitrogen and oxygen atoms in total. The third-order valence-electron chi connectivity index (χ3n) is 5.98. The quantitative estimate of drug-likeness (QED) is 0.537. The third kappa shape index (κ3) is 5.12. The summed E-state index contributed by atoms with van der Waals surface area (Å²) in [6.45, 7) is 3.80. The molecule has 1 aliphatic rings. The van der Waals surface area contributed by atoms with Gasteiger partial charge in [-0.25, -0.2) is 4.79 Å². The summed E-state index contributed by atoms with van der Waals surface area (Å²) in [7, 11) is 0. The van der Waals surface area contributed by atoms with Gasteiger partial charge in [0.1, 0.15) is 0 Å². The summed E-state index contributed by atoms with van der Waals surface area (Å²) in [5.41, 5.74) is -0.387. The number of morpholine rings is 1. The van der Waals surface area contributed by atoms with Crippen molar-refractivity contribution in [2.75, 3.05) is 31.1 Å². The van der Waals surface area contributed by atoms with Crippen LogP contribution < -0.4 is 10.2 Å². The molecule has 3 aromatic carbocycles. The van der Waals surface area contributed by atoms with Crippen LogP contribution in [0.4, 0.5) is 18.9 Å². The molecule has 8 heteroatoms. The van der Waals surface area contributed by atoms with Gasteiger partial charge in [0.05, 0.1) is 23.8 Å². The maximum absolute atomic E-state index is 13.4. The lowest BCUT2D eigenvalue weighted by molar-refractivity contribution is -0.138. The molecule has 0 radical (unpaired) electrons. The van der Waals surface area contributed by atoms with Crippen molar-refractivity contribution in [3.63, 3.8) is 0 Å². The molecule has 33 heavy (non-hydrogen) atoms. The van der Waals surface area contributed by atoms with E-state index in [4.69, 9.17) is 9.84 Å². The molecule has 1 saturated heterocycles. The summed E-state index contributed by atoms with van der Waals surface area (Å²) in [6, 6.07) is 17.7. The van der Waals surface area contributed by atoms with Crippen LogP contribution in [0.25, 0.3) is 10.8 Å². The van der Waals surface area contributed by atoms with Crippen LogP contribution in [0.5, 0.6) is 0 Å². The maximum Gasteiger partial charge on any atom is 0.417 e. The van der Waals surface area contributed by atoms with Crippen molar-refractivity contribution in [3.05, 3.63) is 77.4 Å². The van der Waals surface area contributed by atoms with E-state index in [0.717, 1.165) is 17.5 Å². The summed E-state index contributed by atoms with van der Waals surface area (Å²) in [4.78, 5) is 13.0. The lowest BCUT2D eigenvalue weighted by Gasteiger charge is -2.35. The number of hydrogen-bond donors (Lipinski definition) is 2. The Bertz CT molecular complexity index is 1140. The van der Waals surface area contributed by atoms with E-state index in [2.05, 4.69) is 36.5 Å². The van der Waals surface area contributed by atoms with Crippen LogP contribution in [0.15, 0.2) is 60.7 Å². The Balaban J connectivity index is 1.45. The van der Waals surface area contributed by atoms with Crippen LogP contribution in [-0.2, 0) is 10.9 Å². The second-order valence-corrected chi connectivity index (χ2v) is 8.17. The van der Waals surface area contributed by atoms with Gasteiger partial charge in [-0.3, -0.25) is 0 Å². The first kappa shape index (κ1) is 23.1. The predicted octanol–water partition coefficient (Wildman–Crippen LogP) is 5.11. The number of benzene rings is 3. The molecule has 3 aromatic rings. The zero-order valence-corrected chi connectivity index (χ0v) is 18.1. The van der Waals surface area contributed by atoms with Crippen molar-refractivity contribution in [2.24, 2.45) is 0 Å². The van der Waals surface area contributed by atoms with Crippen LogP contribution in [0.3, 0.4) is 0 Å². The van der Waals surface area contributed by atoms with E-state index in [1.807, 2.05) is 18.2 Å². The van der Waals surface area contributed by atoms with Crippen molar-refractivity contribution in [1.82, 2.24) is 5.32 Å². The minimum absolute atomic E-state index is 0.0572. The first-order chi connectivity index (χ1) is 15.7. The van der Waals surface area contributed by atoms with Gasteiger partial charge in [-0.15, -0.1) is 0 Å². The zero-order chi connectivity index (χ0) is 23.6. The number of aromatic carboxylic acids is 1. The first-order valence-electron chi connectivity index (χ1n) is 10.8. The molecule has 0 amide bonds. The van der Waals surface area contributed by atoms with Gasteiger partial charge < -0.3 is 20.1 Å². The minimum Gasteiger partial charge on any atom is -0.478 e. The number of carbonyl (C=O) groups is 1. The summed E-state index contributed by atoms with van der Waals surface area (Å²) >= 11 is 0. The average Bonchev–Trinajstić information content (AvgIpc) is 2.81. The fourth-order valence-electron chi connectivity index (χ4n) is 4.27. The molecule has 0 aromatic heterocycles. The number of halogens is 3. The van der Waals surface area contributed by atoms with Gasteiger partial charge in [-0.1, -0.05) is 42.5 Å². The highest BCUT2D eigenvalue weighted by molar-refractivity contribution is 5.90. The maximum atomic E-state index is 13.4. The Labute approximate surface area is 189 Å². The number of hydrogen-bond acceptors (Lipinski definition) is 4. The highest BCUT2D eigenvalue weighted by Gasteiger charge is 2.36.